The Labute approximate surface area is 157 Å². The van der Waals surface area contributed by atoms with Crippen LogP contribution < -0.4 is 15.0 Å². The lowest BCUT2D eigenvalue weighted by Gasteiger charge is -2.28. The van der Waals surface area contributed by atoms with Crippen molar-refractivity contribution in [3.05, 3.63) is 42.2 Å². The molecule has 7 nitrogen and oxygen atoms in total. The molecule has 140 valence electrons. The van der Waals surface area contributed by atoms with Gasteiger partial charge in [-0.05, 0) is 23.8 Å². The summed E-state index contributed by atoms with van der Waals surface area (Å²) >= 11 is 0. The van der Waals surface area contributed by atoms with Crippen LogP contribution in [0.25, 0.3) is 11.0 Å². The highest BCUT2D eigenvalue weighted by molar-refractivity contribution is 7.91. The summed E-state index contributed by atoms with van der Waals surface area (Å²) in [5, 5.41) is 3.32. The molecule has 0 amide bonds. The second kappa shape index (κ2) is 6.24. The van der Waals surface area contributed by atoms with E-state index in [1.807, 2.05) is 12.3 Å². The number of aromatic amines is 1. The van der Waals surface area contributed by atoms with E-state index in [1.54, 1.807) is 24.4 Å². The van der Waals surface area contributed by atoms with E-state index in [4.69, 9.17) is 4.74 Å². The van der Waals surface area contributed by atoms with Crippen LogP contribution in [0.2, 0.25) is 0 Å². The van der Waals surface area contributed by atoms with Crippen molar-refractivity contribution in [3.63, 3.8) is 0 Å². The third-order valence-corrected chi connectivity index (χ3v) is 7.03. The smallest absolute Gasteiger partial charge is 0.208 e. The van der Waals surface area contributed by atoms with Crippen LogP contribution >= 0.6 is 0 Å². The summed E-state index contributed by atoms with van der Waals surface area (Å²) in [6.07, 6.45) is 4.24. The van der Waals surface area contributed by atoms with Gasteiger partial charge in [0.2, 0.25) is 9.84 Å². The quantitative estimate of drug-likeness (QED) is 0.715. The fourth-order valence-corrected chi connectivity index (χ4v) is 5.23. The molecule has 0 spiro atoms. The van der Waals surface area contributed by atoms with Gasteiger partial charge < -0.3 is 19.9 Å². The number of hydrogen-bond acceptors (Lipinski definition) is 6. The van der Waals surface area contributed by atoms with Gasteiger partial charge in [-0.2, -0.15) is 0 Å². The SMILES string of the molecule is O=S(=O)(c1ccc2c(c1)OCC2)c1ccnc2c(N3CCNCC3)c[nH]c12. The summed E-state index contributed by atoms with van der Waals surface area (Å²) in [5.74, 6) is 0.661. The average molecular weight is 384 g/mol. The molecule has 27 heavy (non-hydrogen) atoms. The Hall–Kier alpha value is -2.58. The second-order valence-electron chi connectivity index (χ2n) is 6.82. The number of nitrogens with one attached hydrogen (secondary N) is 2. The molecule has 0 radical (unpaired) electrons. The number of fused-ring (bicyclic) bond motifs is 2. The minimum absolute atomic E-state index is 0.242. The highest BCUT2D eigenvalue weighted by atomic mass is 32.2. The van der Waals surface area contributed by atoms with E-state index < -0.39 is 9.84 Å². The molecule has 1 aromatic carbocycles. The van der Waals surface area contributed by atoms with Crippen molar-refractivity contribution >= 4 is 26.6 Å². The number of pyridine rings is 1. The van der Waals surface area contributed by atoms with Crippen molar-refractivity contribution in [3.8, 4) is 5.75 Å². The highest BCUT2D eigenvalue weighted by Crippen LogP contribution is 2.34. The van der Waals surface area contributed by atoms with Gasteiger partial charge in [-0.3, -0.25) is 4.98 Å². The van der Waals surface area contributed by atoms with Crippen LogP contribution in [0, 0.1) is 0 Å². The monoisotopic (exact) mass is 384 g/mol. The van der Waals surface area contributed by atoms with Gasteiger partial charge in [0.25, 0.3) is 0 Å². The predicted octanol–water partition coefficient (Wildman–Crippen LogP) is 1.74. The standard InChI is InChI=1S/C19H20N4O3S/c24-27(25,14-2-1-13-4-10-26-16(13)11-14)17-3-5-21-18-15(12-22-19(17)18)23-8-6-20-7-9-23/h1-3,5,11-12,20,22H,4,6-10H2. The zero-order valence-corrected chi connectivity index (χ0v) is 15.6. The number of ether oxygens (including phenoxy) is 1. The number of H-pyrrole nitrogens is 1. The molecule has 0 saturated carbocycles. The molecule has 2 aliphatic heterocycles. The molecule has 2 N–H and O–H groups in total. The van der Waals surface area contributed by atoms with Gasteiger partial charge in [-0.25, -0.2) is 8.42 Å². The number of aromatic nitrogens is 2. The fraction of sp³-hybridized carbons (Fsp3) is 0.316. The van der Waals surface area contributed by atoms with Gasteiger partial charge in [-0.1, -0.05) is 6.07 Å². The summed E-state index contributed by atoms with van der Waals surface area (Å²) in [5.41, 5.74) is 3.23. The van der Waals surface area contributed by atoms with Crippen LogP contribution in [0.5, 0.6) is 5.75 Å². The first-order valence-electron chi connectivity index (χ1n) is 9.07. The summed E-state index contributed by atoms with van der Waals surface area (Å²) < 4.78 is 32.2. The van der Waals surface area contributed by atoms with Gasteiger partial charge >= 0.3 is 0 Å². The Morgan fingerprint density at radius 2 is 2.00 bits per heavy atom. The molecular weight excluding hydrogens is 364 g/mol. The first-order chi connectivity index (χ1) is 13.1. The van der Waals surface area contributed by atoms with Crippen molar-refractivity contribution in [1.82, 2.24) is 15.3 Å². The third-order valence-electron chi connectivity index (χ3n) is 5.23. The Bertz CT molecular complexity index is 1120. The predicted molar refractivity (Wildman–Crippen MR) is 102 cm³/mol. The maximum Gasteiger partial charge on any atom is 0.208 e. The molecule has 2 aliphatic rings. The molecule has 3 aromatic rings. The first-order valence-corrected chi connectivity index (χ1v) is 10.6. The van der Waals surface area contributed by atoms with Crippen molar-refractivity contribution in [2.45, 2.75) is 16.2 Å². The number of benzene rings is 1. The molecule has 0 unspecified atom stereocenters. The van der Waals surface area contributed by atoms with E-state index in [0.29, 0.717) is 23.4 Å². The van der Waals surface area contributed by atoms with Crippen LogP contribution in [0.1, 0.15) is 5.56 Å². The normalized spacial score (nSPS) is 17.1. The highest BCUT2D eigenvalue weighted by Gasteiger charge is 2.26. The first kappa shape index (κ1) is 16.6. The molecule has 1 fully saturated rings. The number of sulfone groups is 1. The van der Waals surface area contributed by atoms with Crippen LogP contribution in [0.4, 0.5) is 5.69 Å². The fourth-order valence-electron chi connectivity index (χ4n) is 3.80. The van der Waals surface area contributed by atoms with Crippen molar-refractivity contribution < 1.29 is 13.2 Å². The minimum Gasteiger partial charge on any atom is -0.493 e. The average Bonchev–Trinajstić information content (AvgIpc) is 3.34. The zero-order valence-electron chi connectivity index (χ0n) is 14.7. The van der Waals surface area contributed by atoms with Gasteiger partial charge in [0.1, 0.15) is 11.3 Å². The molecule has 5 rings (SSSR count). The van der Waals surface area contributed by atoms with E-state index in [2.05, 4.69) is 20.2 Å². The molecule has 8 heteroatoms. The van der Waals surface area contributed by atoms with Crippen molar-refractivity contribution in [1.29, 1.82) is 0 Å². The molecule has 1 saturated heterocycles. The number of piperazine rings is 1. The molecule has 0 bridgehead atoms. The van der Waals surface area contributed by atoms with Crippen molar-refractivity contribution in [2.75, 3.05) is 37.7 Å². The molecule has 2 aromatic heterocycles. The Balaban J connectivity index is 1.61. The number of hydrogen-bond donors (Lipinski definition) is 2. The lowest BCUT2D eigenvalue weighted by molar-refractivity contribution is 0.356. The largest absolute Gasteiger partial charge is 0.493 e. The summed E-state index contributed by atoms with van der Waals surface area (Å²) in [4.78, 5) is 10.3. The topological polar surface area (TPSA) is 87.3 Å². The third kappa shape index (κ3) is 2.67. The maximum absolute atomic E-state index is 13.3. The second-order valence-corrected chi connectivity index (χ2v) is 8.73. The number of rotatable bonds is 3. The minimum atomic E-state index is -3.69. The number of nitrogens with zero attached hydrogens (tertiary/aromatic N) is 2. The van der Waals surface area contributed by atoms with E-state index in [9.17, 15) is 8.42 Å². The van der Waals surface area contributed by atoms with Crippen LogP contribution in [-0.2, 0) is 16.3 Å². The summed E-state index contributed by atoms with van der Waals surface area (Å²) in [6.45, 7) is 4.14. The summed E-state index contributed by atoms with van der Waals surface area (Å²) in [7, 11) is -3.69. The Morgan fingerprint density at radius 1 is 1.15 bits per heavy atom. The lowest BCUT2D eigenvalue weighted by atomic mass is 10.2. The van der Waals surface area contributed by atoms with Crippen LogP contribution in [0.3, 0.4) is 0 Å². The molecule has 0 atom stereocenters. The summed E-state index contributed by atoms with van der Waals surface area (Å²) in [6, 6.07) is 6.69. The van der Waals surface area contributed by atoms with Crippen LogP contribution in [-0.4, -0.2) is 51.2 Å². The maximum atomic E-state index is 13.3. The zero-order chi connectivity index (χ0) is 18.4. The number of anilines is 1. The molecule has 0 aliphatic carbocycles. The molecular formula is C19H20N4O3S. The van der Waals surface area contributed by atoms with Crippen molar-refractivity contribution in [2.24, 2.45) is 0 Å². The van der Waals surface area contributed by atoms with Gasteiger partial charge in [0.05, 0.1) is 27.6 Å². The Morgan fingerprint density at radius 3 is 2.85 bits per heavy atom. The van der Waals surface area contributed by atoms with Gasteiger partial charge in [-0.15, -0.1) is 0 Å². The molecule has 4 heterocycles. The van der Waals surface area contributed by atoms with Gasteiger partial charge in [0, 0.05) is 45.0 Å². The van der Waals surface area contributed by atoms with E-state index in [-0.39, 0.29) is 9.79 Å². The van der Waals surface area contributed by atoms with E-state index >= 15 is 0 Å². The Kier molecular flexibility index (Phi) is 3.84. The van der Waals surface area contributed by atoms with E-state index in [0.717, 1.165) is 43.9 Å². The van der Waals surface area contributed by atoms with E-state index in [1.165, 1.54) is 0 Å². The van der Waals surface area contributed by atoms with Crippen LogP contribution in [0.15, 0.2) is 46.5 Å². The van der Waals surface area contributed by atoms with Gasteiger partial charge in [0.15, 0.2) is 0 Å². The lowest BCUT2D eigenvalue weighted by Crippen LogP contribution is -2.43.